The molecule has 1 aromatic rings. The lowest BCUT2D eigenvalue weighted by atomic mass is 9.90. The van der Waals surface area contributed by atoms with Gasteiger partial charge in [0, 0.05) is 11.6 Å². The number of hydrogen-bond donors (Lipinski definition) is 1. The molecule has 3 heteroatoms. The highest BCUT2D eigenvalue weighted by Gasteiger charge is 2.42. The molecule has 1 fully saturated rings. The van der Waals surface area contributed by atoms with E-state index in [9.17, 15) is 9.50 Å². The molecule has 1 aromatic carbocycles. The van der Waals surface area contributed by atoms with Crippen molar-refractivity contribution in [2.24, 2.45) is 5.92 Å². The molecule has 82 valence electrons. The minimum absolute atomic E-state index is 0.195. The van der Waals surface area contributed by atoms with Gasteiger partial charge in [0.2, 0.25) is 0 Å². The molecule has 1 aliphatic rings. The van der Waals surface area contributed by atoms with Gasteiger partial charge in [0.1, 0.15) is 11.6 Å². The number of hydrogen-bond acceptors (Lipinski definition) is 2. The van der Waals surface area contributed by atoms with Crippen LogP contribution in [-0.2, 0) is 5.60 Å². The highest BCUT2D eigenvalue weighted by Crippen LogP contribution is 2.46. The largest absolute Gasteiger partial charge is 0.497 e. The van der Waals surface area contributed by atoms with Crippen molar-refractivity contribution in [2.45, 2.75) is 25.4 Å². The molecule has 1 saturated carbocycles. The topological polar surface area (TPSA) is 29.5 Å². The third-order valence-electron chi connectivity index (χ3n) is 3.09. The van der Waals surface area contributed by atoms with Crippen LogP contribution < -0.4 is 4.74 Å². The highest BCUT2D eigenvalue weighted by molar-refractivity contribution is 5.33. The van der Waals surface area contributed by atoms with Crippen LogP contribution in [0.1, 0.15) is 25.3 Å². The van der Waals surface area contributed by atoms with Crippen LogP contribution >= 0.6 is 0 Å². The van der Waals surface area contributed by atoms with E-state index in [1.165, 1.54) is 13.2 Å². The number of rotatable bonds is 3. The van der Waals surface area contributed by atoms with Crippen molar-refractivity contribution in [2.75, 3.05) is 7.11 Å². The van der Waals surface area contributed by atoms with Crippen LogP contribution in [0.25, 0.3) is 0 Å². The maximum absolute atomic E-state index is 13.7. The van der Waals surface area contributed by atoms with Gasteiger partial charge in [-0.05, 0) is 37.8 Å². The van der Waals surface area contributed by atoms with Gasteiger partial charge in [-0.15, -0.1) is 0 Å². The number of benzene rings is 1. The first-order chi connectivity index (χ1) is 7.05. The van der Waals surface area contributed by atoms with Crippen LogP contribution in [0.4, 0.5) is 4.39 Å². The number of halogens is 1. The van der Waals surface area contributed by atoms with Crippen molar-refractivity contribution in [1.29, 1.82) is 0 Å². The van der Waals surface area contributed by atoms with Crippen LogP contribution in [0.3, 0.4) is 0 Å². The zero-order chi connectivity index (χ0) is 11.1. The molecule has 15 heavy (non-hydrogen) atoms. The average molecular weight is 210 g/mol. The van der Waals surface area contributed by atoms with Crippen molar-refractivity contribution >= 4 is 0 Å². The lowest BCUT2D eigenvalue weighted by Crippen LogP contribution is -2.25. The van der Waals surface area contributed by atoms with E-state index in [-0.39, 0.29) is 5.92 Å². The van der Waals surface area contributed by atoms with Gasteiger partial charge < -0.3 is 9.84 Å². The van der Waals surface area contributed by atoms with Crippen molar-refractivity contribution in [3.05, 3.63) is 29.6 Å². The predicted molar refractivity (Wildman–Crippen MR) is 55.2 cm³/mol. The van der Waals surface area contributed by atoms with Gasteiger partial charge >= 0.3 is 0 Å². The summed E-state index contributed by atoms with van der Waals surface area (Å²) in [4.78, 5) is 0. The molecule has 1 atom stereocenters. The number of methoxy groups -OCH3 is 1. The van der Waals surface area contributed by atoms with Gasteiger partial charge in [0.05, 0.1) is 12.7 Å². The normalized spacial score (nSPS) is 19.7. The second-order valence-corrected chi connectivity index (χ2v) is 4.27. The van der Waals surface area contributed by atoms with Gasteiger partial charge in [0.25, 0.3) is 0 Å². The van der Waals surface area contributed by atoms with E-state index < -0.39 is 11.4 Å². The Bertz CT molecular complexity index is 370. The fourth-order valence-electron chi connectivity index (χ4n) is 1.90. The van der Waals surface area contributed by atoms with Gasteiger partial charge in [-0.1, -0.05) is 0 Å². The minimum Gasteiger partial charge on any atom is -0.497 e. The molecule has 1 N–H and O–H groups in total. The number of ether oxygens (including phenoxy) is 1. The van der Waals surface area contributed by atoms with Gasteiger partial charge in [0.15, 0.2) is 0 Å². The van der Waals surface area contributed by atoms with E-state index in [1.807, 2.05) is 0 Å². The smallest absolute Gasteiger partial charge is 0.132 e. The van der Waals surface area contributed by atoms with E-state index in [1.54, 1.807) is 19.1 Å². The van der Waals surface area contributed by atoms with Crippen LogP contribution in [0, 0.1) is 11.7 Å². The summed E-state index contributed by atoms with van der Waals surface area (Å²) in [5.41, 5.74) is -0.679. The second-order valence-electron chi connectivity index (χ2n) is 4.27. The van der Waals surface area contributed by atoms with Crippen LogP contribution in [0.5, 0.6) is 5.75 Å². The molecule has 0 heterocycles. The predicted octanol–water partition coefficient (Wildman–Crippen LogP) is 2.45. The van der Waals surface area contributed by atoms with Crippen molar-refractivity contribution < 1.29 is 14.2 Å². The third-order valence-corrected chi connectivity index (χ3v) is 3.09. The molecule has 1 aliphatic carbocycles. The van der Waals surface area contributed by atoms with E-state index in [4.69, 9.17) is 4.74 Å². The zero-order valence-electron chi connectivity index (χ0n) is 8.96. The molecule has 2 rings (SSSR count). The molecule has 0 saturated heterocycles. The minimum atomic E-state index is -1.05. The van der Waals surface area contributed by atoms with Gasteiger partial charge in [-0.3, -0.25) is 0 Å². The van der Waals surface area contributed by atoms with Crippen LogP contribution in [0.2, 0.25) is 0 Å². The maximum Gasteiger partial charge on any atom is 0.132 e. The maximum atomic E-state index is 13.7. The first-order valence-corrected chi connectivity index (χ1v) is 5.12. The highest BCUT2D eigenvalue weighted by atomic mass is 19.1. The Labute approximate surface area is 88.7 Å². The quantitative estimate of drug-likeness (QED) is 0.830. The molecule has 0 spiro atoms. The Morgan fingerprint density at radius 1 is 1.47 bits per heavy atom. The first-order valence-electron chi connectivity index (χ1n) is 5.12. The first kappa shape index (κ1) is 10.4. The standard InChI is InChI=1S/C12H15FO2/c1-12(14,8-3-4-8)10-6-5-9(15-2)7-11(10)13/h5-8,14H,3-4H2,1-2H3. The molecule has 2 nitrogen and oxygen atoms in total. The molecule has 0 bridgehead atoms. The Kier molecular flexibility index (Phi) is 2.43. The molecule has 0 aromatic heterocycles. The van der Waals surface area contributed by atoms with Gasteiger partial charge in [-0.25, -0.2) is 4.39 Å². The second kappa shape index (κ2) is 3.49. The summed E-state index contributed by atoms with van der Waals surface area (Å²) >= 11 is 0. The molecular formula is C12H15FO2. The summed E-state index contributed by atoms with van der Waals surface area (Å²) in [5.74, 6) is 0.273. The molecule has 0 aliphatic heterocycles. The van der Waals surface area contributed by atoms with E-state index in [0.717, 1.165) is 12.8 Å². The Balaban J connectivity index is 2.35. The van der Waals surface area contributed by atoms with Gasteiger partial charge in [-0.2, -0.15) is 0 Å². The molecule has 0 amide bonds. The van der Waals surface area contributed by atoms with E-state index in [0.29, 0.717) is 11.3 Å². The van der Waals surface area contributed by atoms with Crippen molar-refractivity contribution in [3.63, 3.8) is 0 Å². The van der Waals surface area contributed by atoms with E-state index in [2.05, 4.69) is 0 Å². The summed E-state index contributed by atoms with van der Waals surface area (Å²) in [6.45, 7) is 1.68. The summed E-state index contributed by atoms with van der Waals surface area (Å²) in [6.07, 6.45) is 1.94. The van der Waals surface area contributed by atoms with E-state index >= 15 is 0 Å². The van der Waals surface area contributed by atoms with Crippen molar-refractivity contribution in [3.8, 4) is 5.75 Å². The lowest BCUT2D eigenvalue weighted by molar-refractivity contribution is 0.0294. The summed E-state index contributed by atoms with van der Waals surface area (Å²) < 4.78 is 18.6. The van der Waals surface area contributed by atoms with Crippen LogP contribution in [0.15, 0.2) is 18.2 Å². The fourth-order valence-corrected chi connectivity index (χ4v) is 1.90. The molecule has 0 radical (unpaired) electrons. The monoisotopic (exact) mass is 210 g/mol. The lowest BCUT2D eigenvalue weighted by Gasteiger charge is -2.24. The molecule has 1 unspecified atom stereocenters. The Hall–Kier alpha value is -1.09. The fraction of sp³-hybridized carbons (Fsp3) is 0.500. The Morgan fingerprint density at radius 3 is 2.60 bits per heavy atom. The Morgan fingerprint density at radius 2 is 2.13 bits per heavy atom. The number of aliphatic hydroxyl groups is 1. The summed E-state index contributed by atoms with van der Waals surface area (Å²) in [5, 5.41) is 10.2. The zero-order valence-corrected chi connectivity index (χ0v) is 8.96. The summed E-state index contributed by atoms with van der Waals surface area (Å²) in [7, 11) is 1.49. The summed E-state index contributed by atoms with van der Waals surface area (Å²) in [6, 6.07) is 4.59. The molecular weight excluding hydrogens is 195 g/mol. The third kappa shape index (κ3) is 1.84. The SMILES string of the molecule is COc1ccc(C(C)(O)C2CC2)c(F)c1. The van der Waals surface area contributed by atoms with Crippen molar-refractivity contribution in [1.82, 2.24) is 0 Å². The van der Waals surface area contributed by atoms with Crippen LogP contribution in [-0.4, -0.2) is 12.2 Å². The average Bonchev–Trinajstić information content (AvgIpc) is 3.00.